The van der Waals surface area contributed by atoms with Crippen LogP contribution >= 0.6 is 16.1 Å². The van der Waals surface area contributed by atoms with Gasteiger partial charge in [-0.25, -0.2) is 3.59 Å². The third-order valence-corrected chi connectivity index (χ3v) is 2.55. The highest BCUT2D eigenvalue weighted by molar-refractivity contribution is 9.08. The summed E-state index contributed by atoms with van der Waals surface area (Å²) in [5.74, 6) is 0. The lowest BCUT2D eigenvalue weighted by Gasteiger charge is -2.01. The van der Waals surface area contributed by atoms with E-state index in [1.165, 1.54) is 3.59 Å². The van der Waals surface area contributed by atoms with Gasteiger partial charge in [-0.1, -0.05) is 13.0 Å². The van der Waals surface area contributed by atoms with E-state index in [2.05, 4.69) is 16.1 Å². The minimum atomic E-state index is 0.0486. The molecule has 0 N–H and O–H groups in total. The third kappa shape index (κ3) is 1.53. The molecule has 1 rings (SSSR count). The van der Waals surface area contributed by atoms with Gasteiger partial charge in [-0.2, -0.15) is 0 Å². The normalized spacial score (nSPS) is 10.1. The van der Waals surface area contributed by atoms with E-state index < -0.39 is 0 Å². The largest absolute Gasteiger partial charge is 0.268 e. The van der Waals surface area contributed by atoms with Crippen molar-refractivity contribution in [1.29, 1.82) is 0 Å². The molecule has 0 spiro atoms. The van der Waals surface area contributed by atoms with Crippen molar-refractivity contribution < 1.29 is 0 Å². The lowest BCUT2D eigenvalue weighted by Crippen LogP contribution is -2.18. The fourth-order valence-corrected chi connectivity index (χ4v) is 1.26. The van der Waals surface area contributed by atoms with Crippen LogP contribution in [0.25, 0.3) is 0 Å². The van der Waals surface area contributed by atoms with E-state index >= 15 is 0 Å². The highest BCUT2D eigenvalue weighted by Gasteiger charge is 2.00. The van der Waals surface area contributed by atoms with E-state index in [0.717, 1.165) is 17.7 Å². The van der Waals surface area contributed by atoms with Crippen LogP contribution in [0.2, 0.25) is 0 Å². The Morgan fingerprint density at radius 1 is 1.55 bits per heavy atom. The van der Waals surface area contributed by atoms with E-state index in [1.807, 2.05) is 26.0 Å². The van der Waals surface area contributed by atoms with Gasteiger partial charge >= 0.3 is 0 Å². The summed E-state index contributed by atoms with van der Waals surface area (Å²) in [6.07, 6.45) is 0.782. The lowest BCUT2D eigenvalue weighted by molar-refractivity contribution is 1.00. The zero-order valence-corrected chi connectivity index (χ0v) is 8.18. The highest BCUT2D eigenvalue weighted by atomic mass is 79.9. The molecule has 3 heteroatoms. The van der Waals surface area contributed by atoms with Crippen molar-refractivity contribution in [2.45, 2.75) is 20.3 Å². The van der Waals surface area contributed by atoms with Crippen LogP contribution in [0.3, 0.4) is 0 Å². The van der Waals surface area contributed by atoms with Gasteiger partial charge in [0, 0.05) is 11.3 Å². The molecule has 0 saturated carbocycles. The summed E-state index contributed by atoms with van der Waals surface area (Å²) in [7, 11) is 0. The van der Waals surface area contributed by atoms with Gasteiger partial charge in [0.2, 0.25) is 0 Å². The van der Waals surface area contributed by atoms with Crippen molar-refractivity contribution in [1.82, 2.24) is 3.59 Å². The number of pyridine rings is 1. The van der Waals surface area contributed by atoms with E-state index in [4.69, 9.17) is 0 Å². The van der Waals surface area contributed by atoms with Crippen molar-refractivity contribution in [3.05, 3.63) is 33.7 Å². The fourth-order valence-electron chi connectivity index (χ4n) is 0.913. The number of halogens is 1. The van der Waals surface area contributed by atoms with E-state index in [9.17, 15) is 4.79 Å². The van der Waals surface area contributed by atoms with Gasteiger partial charge in [-0.05, 0) is 19.4 Å². The lowest BCUT2D eigenvalue weighted by atomic mass is 10.2. The zero-order chi connectivity index (χ0) is 8.43. The molecule has 0 amide bonds. The van der Waals surface area contributed by atoms with Crippen LogP contribution in [0.1, 0.15) is 18.2 Å². The van der Waals surface area contributed by atoms with Crippen molar-refractivity contribution >= 4 is 16.1 Å². The van der Waals surface area contributed by atoms with Gasteiger partial charge in [0.15, 0.2) is 0 Å². The molecule has 0 aromatic carbocycles. The predicted molar refractivity (Wildman–Crippen MR) is 49.1 cm³/mol. The SMILES string of the molecule is CCc1ccc(C)n(Br)c1=O. The van der Waals surface area contributed by atoms with Gasteiger partial charge in [-0.15, -0.1) is 0 Å². The molecule has 0 bridgehead atoms. The van der Waals surface area contributed by atoms with Crippen molar-refractivity contribution in [3.8, 4) is 0 Å². The molecule has 0 aliphatic heterocycles. The Morgan fingerprint density at radius 2 is 2.18 bits per heavy atom. The molecule has 0 aliphatic carbocycles. The predicted octanol–water partition coefficient (Wildman–Crippen LogP) is 1.88. The summed E-state index contributed by atoms with van der Waals surface area (Å²) in [4.78, 5) is 11.3. The van der Waals surface area contributed by atoms with Crippen LogP contribution < -0.4 is 5.56 Å². The molecule has 1 heterocycles. The molecule has 2 nitrogen and oxygen atoms in total. The van der Waals surface area contributed by atoms with Gasteiger partial charge in [0.1, 0.15) is 0 Å². The topological polar surface area (TPSA) is 22.0 Å². The van der Waals surface area contributed by atoms with Gasteiger partial charge in [-0.3, -0.25) is 4.79 Å². The zero-order valence-electron chi connectivity index (χ0n) is 6.60. The number of hydrogen-bond donors (Lipinski definition) is 0. The Kier molecular flexibility index (Phi) is 2.49. The second kappa shape index (κ2) is 3.22. The van der Waals surface area contributed by atoms with Crippen molar-refractivity contribution in [2.24, 2.45) is 0 Å². The number of hydrogen-bond acceptors (Lipinski definition) is 1. The number of rotatable bonds is 1. The molecule has 11 heavy (non-hydrogen) atoms. The average molecular weight is 216 g/mol. The maximum absolute atomic E-state index is 11.3. The van der Waals surface area contributed by atoms with Gasteiger partial charge in [0.25, 0.3) is 5.56 Å². The standard InChI is InChI=1S/C8H10BrNO/c1-3-7-5-4-6(2)10(9)8(7)11/h4-5H,3H2,1-2H3. The Hall–Kier alpha value is -0.570. The minimum absolute atomic E-state index is 0.0486. The number of aryl methyl sites for hydroxylation is 2. The molecule has 0 fully saturated rings. The molecule has 0 aliphatic rings. The summed E-state index contributed by atoms with van der Waals surface area (Å²) < 4.78 is 1.49. The van der Waals surface area contributed by atoms with Crippen LogP contribution in [0, 0.1) is 6.92 Å². The molecular formula is C8H10BrNO. The van der Waals surface area contributed by atoms with Crippen molar-refractivity contribution in [3.63, 3.8) is 0 Å². The Labute approximate surface area is 74.2 Å². The molecule has 0 saturated heterocycles. The van der Waals surface area contributed by atoms with Crippen LogP contribution in [-0.4, -0.2) is 3.59 Å². The third-order valence-electron chi connectivity index (χ3n) is 1.67. The quantitative estimate of drug-likeness (QED) is 0.702. The maximum atomic E-state index is 11.3. The summed E-state index contributed by atoms with van der Waals surface area (Å²) in [5, 5.41) is 0. The van der Waals surface area contributed by atoms with Crippen LogP contribution in [0.4, 0.5) is 0 Å². The first-order chi connectivity index (χ1) is 5.16. The van der Waals surface area contributed by atoms with Gasteiger partial charge < -0.3 is 0 Å². The Bertz CT molecular complexity index is 316. The van der Waals surface area contributed by atoms with Gasteiger partial charge in [0.05, 0.1) is 16.1 Å². The molecule has 0 unspecified atom stereocenters. The van der Waals surface area contributed by atoms with E-state index in [0.29, 0.717) is 0 Å². The van der Waals surface area contributed by atoms with E-state index in [1.54, 1.807) is 0 Å². The number of nitrogens with zero attached hydrogens (tertiary/aromatic N) is 1. The molecule has 1 aromatic heterocycles. The average Bonchev–Trinajstić information content (AvgIpc) is 2.01. The Balaban J connectivity index is 3.37. The van der Waals surface area contributed by atoms with Crippen LogP contribution in [-0.2, 0) is 6.42 Å². The molecular weight excluding hydrogens is 206 g/mol. The first-order valence-corrected chi connectivity index (χ1v) is 4.25. The summed E-state index contributed by atoms with van der Waals surface area (Å²) in [6, 6.07) is 3.80. The fraction of sp³-hybridized carbons (Fsp3) is 0.375. The Morgan fingerprint density at radius 3 is 2.73 bits per heavy atom. The number of aromatic nitrogens is 1. The summed E-state index contributed by atoms with van der Waals surface area (Å²) in [6.45, 7) is 3.86. The molecule has 1 aromatic rings. The van der Waals surface area contributed by atoms with Crippen molar-refractivity contribution in [2.75, 3.05) is 0 Å². The first-order valence-electron chi connectivity index (χ1n) is 3.54. The first kappa shape index (κ1) is 8.53. The smallest absolute Gasteiger partial charge is 0.263 e. The summed E-state index contributed by atoms with van der Waals surface area (Å²) >= 11 is 3.17. The second-order valence-corrected chi connectivity index (χ2v) is 3.15. The minimum Gasteiger partial charge on any atom is -0.268 e. The maximum Gasteiger partial charge on any atom is 0.263 e. The van der Waals surface area contributed by atoms with E-state index in [-0.39, 0.29) is 5.56 Å². The molecule has 60 valence electrons. The highest BCUT2D eigenvalue weighted by Crippen LogP contribution is 2.01. The second-order valence-electron chi connectivity index (χ2n) is 2.44. The monoisotopic (exact) mass is 215 g/mol. The summed E-state index contributed by atoms with van der Waals surface area (Å²) in [5.41, 5.74) is 1.81. The van der Waals surface area contributed by atoms with Crippen LogP contribution in [0.5, 0.6) is 0 Å². The van der Waals surface area contributed by atoms with Crippen LogP contribution in [0.15, 0.2) is 16.9 Å². The molecule has 0 radical (unpaired) electrons. The molecule has 0 atom stereocenters.